The third kappa shape index (κ3) is 4.99. The van der Waals surface area contributed by atoms with Crippen molar-refractivity contribution in [3.05, 3.63) is 42.0 Å². The first-order chi connectivity index (χ1) is 13.7. The summed E-state index contributed by atoms with van der Waals surface area (Å²) in [5.41, 5.74) is 1.95. The van der Waals surface area contributed by atoms with E-state index in [-0.39, 0.29) is 11.6 Å². The molecule has 0 aliphatic heterocycles. The quantitative estimate of drug-likeness (QED) is 0.267. The van der Waals surface area contributed by atoms with Crippen molar-refractivity contribution in [1.29, 1.82) is 0 Å². The molecule has 0 amide bonds. The maximum atomic E-state index is 12.3. The van der Waals surface area contributed by atoms with E-state index in [0.29, 0.717) is 30.3 Å². The van der Waals surface area contributed by atoms with Gasteiger partial charge in [0.25, 0.3) is 0 Å². The Morgan fingerprint density at radius 2 is 1.52 bits per heavy atom. The molecular weight excluding hydrogens is 372 g/mol. The summed E-state index contributed by atoms with van der Waals surface area (Å²) < 4.78 is 0. The first-order valence-electron chi connectivity index (χ1n) is 11.5. The highest BCUT2D eigenvalue weighted by Gasteiger charge is 2.42. The molecule has 1 aliphatic rings. The van der Waals surface area contributed by atoms with Crippen molar-refractivity contribution in [2.75, 3.05) is 0 Å². The Balaban J connectivity index is 2.13. The highest BCUT2D eigenvalue weighted by Crippen LogP contribution is 2.37. The van der Waals surface area contributed by atoms with Crippen LogP contribution in [-0.4, -0.2) is 19.6 Å². The van der Waals surface area contributed by atoms with Gasteiger partial charge in [0.2, 0.25) is 0 Å². The van der Waals surface area contributed by atoms with Gasteiger partial charge in [0, 0.05) is 12.8 Å². The summed E-state index contributed by atoms with van der Waals surface area (Å²) in [4.78, 5) is 24.7. The summed E-state index contributed by atoms with van der Waals surface area (Å²) in [6.07, 6.45) is 8.99. The van der Waals surface area contributed by atoms with Crippen molar-refractivity contribution in [3.63, 3.8) is 0 Å². The number of hydrogen-bond acceptors (Lipinski definition) is 2. The molecule has 0 saturated heterocycles. The SMILES string of the molecule is CCc1ccc([Si](C/C=C/CCC2(C)C(=O)CCCC2=O)(C(C)C)C(C)C)cc1. The van der Waals surface area contributed by atoms with Crippen LogP contribution in [0.2, 0.25) is 17.1 Å². The maximum absolute atomic E-state index is 12.3. The van der Waals surface area contributed by atoms with E-state index in [1.807, 2.05) is 6.92 Å². The molecule has 0 radical (unpaired) electrons. The molecule has 1 saturated carbocycles. The van der Waals surface area contributed by atoms with Crippen LogP contribution in [0.5, 0.6) is 0 Å². The number of benzene rings is 1. The third-order valence-corrected chi connectivity index (χ3v) is 13.9. The predicted octanol–water partition coefficient (Wildman–Crippen LogP) is 6.39. The zero-order valence-electron chi connectivity index (χ0n) is 19.4. The van der Waals surface area contributed by atoms with Gasteiger partial charge in [0.1, 0.15) is 11.6 Å². The van der Waals surface area contributed by atoms with Crippen LogP contribution in [0, 0.1) is 5.41 Å². The molecule has 0 unspecified atom stereocenters. The van der Waals surface area contributed by atoms with Crippen LogP contribution < -0.4 is 5.19 Å². The van der Waals surface area contributed by atoms with Crippen LogP contribution >= 0.6 is 0 Å². The molecule has 0 atom stereocenters. The van der Waals surface area contributed by atoms with Crippen LogP contribution in [0.3, 0.4) is 0 Å². The Labute approximate surface area is 179 Å². The lowest BCUT2D eigenvalue weighted by Crippen LogP contribution is -2.52. The fourth-order valence-electron chi connectivity index (χ4n) is 5.14. The van der Waals surface area contributed by atoms with Gasteiger partial charge in [-0.1, -0.05) is 76.2 Å². The van der Waals surface area contributed by atoms with Crippen LogP contribution in [0.15, 0.2) is 36.4 Å². The molecule has 2 nitrogen and oxygen atoms in total. The van der Waals surface area contributed by atoms with E-state index in [1.54, 1.807) is 5.19 Å². The summed E-state index contributed by atoms with van der Waals surface area (Å²) in [5, 5.41) is 1.55. The van der Waals surface area contributed by atoms with Gasteiger partial charge in [-0.25, -0.2) is 0 Å². The molecule has 1 aliphatic carbocycles. The Hall–Kier alpha value is -1.48. The molecule has 29 heavy (non-hydrogen) atoms. The van der Waals surface area contributed by atoms with Gasteiger partial charge in [-0.15, -0.1) is 0 Å². The smallest absolute Gasteiger partial charge is 0.146 e. The van der Waals surface area contributed by atoms with Gasteiger partial charge in [0.05, 0.1) is 13.5 Å². The topological polar surface area (TPSA) is 34.1 Å². The summed E-state index contributed by atoms with van der Waals surface area (Å²) in [5.74, 6) is 0.289. The van der Waals surface area contributed by atoms with Gasteiger partial charge >= 0.3 is 0 Å². The normalized spacial score (nSPS) is 17.7. The zero-order chi connectivity index (χ0) is 21.7. The second kappa shape index (κ2) is 10.0. The van der Waals surface area contributed by atoms with Crippen molar-refractivity contribution in [2.24, 2.45) is 5.41 Å². The number of ketones is 2. The Morgan fingerprint density at radius 3 is 2.00 bits per heavy atom. The van der Waals surface area contributed by atoms with Crippen LogP contribution in [0.4, 0.5) is 0 Å². The van der Waals surface area contributed by atoms with Crippen molar-refractivity contribution in [2.45, 2.75) is 97.2 Å². The highest BCUT2D eigenvalue weighted by molar-refractivity contribution is 6.94. The monoisotopic (exact) mass is 412 g/mol. The second-order valence-corrected chi connectivity index (χ2v) is 15.0. The second-order valence-electron chi connectivity index (χ2n) is 9.65. The number of Topliss-reactive ketones (excluding diaryl/α,β-unsaturated/α-hetero) is 2. The average molecular weight is 413 g/mol. The van der Waals surface area contributed by atoms with Gasteiger partial charge in [-0.3, -0.25) is 9.59 Å². The number of rotatable bonds is 9. The molecule has 0 bridgehead atoms. The first kappa shape index (κ1) is 23.8. The minimum Gasteiger partial charge on any atom is -0.299 e. The molecule has 1 fully saturated rings. The van der Waals surface area contributed by atoms with Gasteiger partial charge in [0.15, 0.2) is 0 Å². The first-order valence-corrected chi connectivity index (χ1v) is 13.9. The van der Waals surface area contributed by atoms with Crippen molar-refractivity contribution < 1.29 is 9.59 Å². The van der Waals surface area contributed by atoms with Crippen molar-refractivity contribution >= 4 is 24.8 Å². The van der Waals surface area contributed by atoms with Crippen LogP contribution in [0.25, 0.3) is 0 Å². The largest absolute Gasteiger partial charge is 0.299 e. The fourth-order valence-corrected chi connectivity index (χ4v) is 10.3. The lowest BCUT2D eigenvalue weighted by atomic mass is 9.71. The molecule has 160 valence electrons. The number of hydrogen-bond donors (Lipinski definition) is 0. The van der Waals surface area contributed by atoms with E-state index in [2.05, 4.69) is 71.0 Å². The Morgan fingerprint density at radius 1 is 0.966 bits per heavy atom. The molecule has 0 heterocycles. The molecule has 0 spiro atoms. The average Bonchev–Trinajstić information content (AvgIpc) is 2.69. The molecular formula is C26H40O2Si. The standard InChI is InChI=1S/C26H40O2Si/c1-7-22-14-16-23(17-15-22)29(20(2)3,21(4)5)19-10-8-9-18-26(6)24(27)12-11-13-25(26)28/h8,10,14-17,20-21H,7,9,11-13,18-19H2,1-6H3/b10-8+. The van der Waals surface area contributed by atoms with Gasteiger partial charge < -0.3 is 0 Å². The number of aryl methyl sites for hydroxylation is 1. The number of carbonyl (C=O) groups excluding carboxylic acids is 2. The van der Waals surface area contributed by atoms with Crippen LogP contribution in [-0.2, 0) is 16.0 Å². The van der Waals surface area contributed by atoms with E-state index < -0.39 is 13.5 Å². The summed E-state index contributed by atoms with van der Waals surface area (Å²) >= 11 is 0. The maximum Gasteiger partial charge on any atom is 0.146 e. The van der Waals surface area contributed by atoms with Gasteiger partial charge in [-0.05, 0) is 55.3 Å². The summed E-state index contributed by atoms with van der Waals surface area (Å²) in [6, 6.07) is 10.5. The number of carbonyl (C=O) groups is 2. The Bertz CT molecular complexity index is 704. The summed E-state index contributed by atoms with van der Waals surface area (Å²) in [6.45, 7) is 13.6. The Kier molecular flexibility index (Phi) is 8.22. The van der Waals surface area contributed by atoms with E-state index in [4.69, 9.17) is 0 Å². The molecule has 0 aromatic heterocycles. The lowest BCUT2D eigenvalue weighted by molar-refractivity contribution is -0.143. The minimum atomic E-state index is -1.72. The fraction of sp³-hybridized carbons (Fsp3) is 0.615. The molecule has 3 heteroatoms. The van der Waals surface area contributed by atoms with Crippen LogP contribution in [0.1, 0.15) is 79.2 Å². The molecule has 0 N–H and O–H groups in total. The molecule has 2 rings (SSSR count). The predicted molar refractivity (Wildman–Crippen MR) is 127 cm³/mol. The highest BCUT2D eigenvalue weighted by atomic mass is 28.3. The van der Waals surface area contributed by atoms with E-state index >= 15 is 0 Å². The molecule has 1 aromatic carbocycles. The van der Waals surface area contributed by atoms with Crippen molar-refractivity contribution in [3.8, 4) is 0 Å². The molecule has 1 aromatic rings. The zero-order valence-corrected chi connectivity index (χ0v) is 20.4. The van der Waals surface area contributed by atoms with E-state index in [1.165, 1.54) is 5.56 Å². The summed E-state index contributed by atoms with van der Waals surface area (Å²) in [7, 11) is -1.72. The van der Waals surface area contributed by atoms with Gasteiger partial charge in [-0.2, -0.15) is 0 Å². The van der Waals surface area contributed by atoms with Crippen molar-refractivity contribution in [1.82, 2.24) is 0 Å². The number of allylic oxidation sites excluding steroid dienone is 2. The third-order valence-electron chi connectivity index (χ3n) is 7.43. The lowest BCUT2D eigenvalue weighted by Gasteiger charge is -2.39. The van der Waals surface area contributed by atoms with E-state index in [9.17, 15) is 9.59 Å². The minimum absolute atomic E-state index is 0.145. The van der Waals surface area contributed by atoms with E-state index in [0.717, 1.165) is 25.3 Å².